The Morgan fingerprint density at radius 3 is 2.70 bits per heavy atom. The third-order valence-electron chi connectivity index (χ3n) is 6.00. The first kappa shape index (κ1) is 17.8. The summed E-state index contributed by atoms with van der Waals surface area (Å²) in [7, 11) is 0. The van der Waals surface area contributed by atoms with Crippen molar-refractivity contribution in [2.45, 2.75) is 44.6 Å². The number of H-pyrrole nitrogens is 1. The van der Waals surface area contributed by atoms with Gasteiger partial charge in [0.15, 0.2) is 0 Å². The predicted octanol–water partition coefficient (Wildman–Crippen LogP) is 2.44. The second kappa shape index (κ2) is 7.55. The molecule has 4 rings (SSSR count). The maximum Gasteiger partial charge on any atom is 0.257 e. The predicted molar refractivity (Wildman–Crippen MR) is 104 cm³/mol. The third-order valence-corrected chi connectivity index (χ3v) is 6.00. The quantitative estimate of drug-likeness (QED) is 0.871. The van der Waals surface area contributed by atoms with E-state index in [1.807, 2.05) is 11.0 Å². The minimum Gasteiger partial charge on any atom is -0.360 e. The molecule has 1 aliphatic carbocycles. The molecule has 2 fully saturated rings. The van der Waals surface area contributed by atoms with Gasteiger partial charge in [-0.3, -0.25) is 14.4 Å². The molecule has 1 aliphatic heterocycles. The van der Waals surface area contributed by atoms with Crippen LogP contribution in [0.4, 0.5) is 0 Å². The van der Waals surface area contributed by atoms with Gasteiger partial charge in [0, 0.05) is 29.7 Å². The van der Waals surface area contributed by atoms with Crippen molar-refractivity contribution in [2.75, 3.05) is 13.1 Å². The summed E-state index contributed by atoms with van der Waals surface area (Å²) < 4.78 is 0. The highest BCUT2D eigenvalue weighted by molar-refractivity contribution is 5.98. The number of aromatic nitrogens is 1. The molecule has 27 heavy (non-hydrogen) atoms. The molecule has 2 heterocycles. The van der Waals surface area contributed by atoms with Gasteiger partial charge >= 0.3 is 0 Å². The number of hydrogen-bond donors (Lipinski definition) is 2. The van der Waals surface area contributed by atoms with Gasteiger partial charge in [0.25, 0.3) is 5.91 Å². The molecule has 0 bridgehead atoms. The topological polar surface area (TPSA) is 82.3 Å². The van der Waals surface area contributed by atoms with E-state index in [1.54, 1.807) is 18.2 Å². The van der Waals surface area contributed by atoms with E-state index in [0.717, 1.165) is 19.4 Å². The number of para-hydroxylation sites is 1. The first-order valence-corrected chi connectivity index (χ1v) is 9.83. The first-order chi connectivity index (χ1) is 13.1. The van der Waals surface area contributed by atoms with Crippen LogP contribution >= 0.6 is 0 Å². The fourth-order valence-corrected chi connectivity index (χ4v) is 4.62. The van der Waals surface area contributed by atoms with Gasteiger partial charge < -0.3 is 15.2 Å². The molecule has 0 spiro atoms. The molecular weight excluding hydrogens is 342 g/mol. The van der Waals surface area contributed by atoms with Crippen LogP contribution in [0.25, 0.3) is 10.9 Å². The van der Waals surface area contributed by atoms with Crippen molar-refractivity contribution in [3.63, 3.8) is 0 Å². The number of carbonyl (C=O) groups is 2. The van der Waals surface area contributed by atoms with Crippen molar-refractivity contribution in [1.29, 1.82) is 0 Å². The van der Waals surface area contributed by atoms with E-state index >= 15 is 0 Å². The number of rotatable bonds is 4. The molecule has 2 aliphatic rings. The van der Waals surface area contributed by atoms with Crippen molar-refractivity contribution >= 4 is 22.7 Å². The Balaban J connectivity index is 1.42. The van der Waals surface area contributed by atoms with Crippen molar-refractivity contribution in [1.82, 2.24) is 15.2 Å². The fraction of sp³-hybridized carbons (Fsp3) is 0.476. The lowest BCUT2D eigenvalue weighted by Crippen LogP contribution is -2.45. The lowest BCUT2D eigenvalue weighted by Gasteiger charge is -2.29. The first-order valence-electron chi connectivity index (χ1n) is 9.83. The van der Waals surface area contributed by atoms with Gasteiger partial charge in [-0.2, -0.15) is 0 Å². The molecule has 0 radical (unpaired) electrons. The smallest absolute Gasteiger partial charge is 0.257 e. The molecule has 1 atom stereocenters. The van der Waals surface area contributed by atoms with Crippen molar-refractivity contribution in [3.05, 3.63) is 46.2 Å². The standard InChI is InChI=1S/C21H25N3O3/c25-19(24-11-5-10-18(24)14-6-1-2-7-14)13-23-21(27)16-12-22-17-9-4-3-8-15(17)20(16)26/h3-4,8-9,12,14,18H,1-2,5-7,10-11,13H2,(H,22,26)(H,23,27). The Morgan fingerprint density at radius 1 is 1.11 bits per heavy atom. The van der Waals surface area contributed by atoms with E-state index in [9.17, 15) is 14.4 Å². The summed E-state index contributed by atoms with van der Waals surface area (Å²) in [6, 6.07) is 7.39. The lowest BCUT2D eigenvalue weighted by atomic mass is 9.96. The van der Waals surface area contributed by atoms with Crippen LogP contribution in [0.1, 0.15) is 48.9 Å². The largest absolute Gasteiger partial charge is 0.360 e. The van der Waals surface area contributed by atoms with Gasteiger partial charge in [-0.25, -0.2) is 0 Å². The fourth-order valence-electron chi connectivity index (χ4n) is 4.62. The summed E-state index contributed by atoms with van der Waals surface area (Å²) in [5.41, 5.74) is 0.404. The minimum absolute atomic E-state index is 0.0373. The molecule has 1 aromatic heterocycles. The molecule has 6 heteroatoms. The number of hydrogen-bond acceptors (Lipinski definition) is 3. The maximum atomic E-state index is 12.7. The second-order valence-corrected chi connectivity index (χ2v) is 7.60. The van der Waals surface area contributed by atoms with Gasteiger partial charge in [0.1, 0.15) is 5.56 Å². The maximum absolute atomic E-state index is 12.7. The molecular formula is C21H25N3O3. The summed E-state index contributed by atoms with van der Waals surface area (Å²) in [5, 5.41) is 3.11. The van der Waals surface area contributed by atoms with Crippen molar-refractivity contribution in [2.24, 2.45) is 5.92 Å². The Bertz CT molecular complexity index is 914. The van der Waals surface area contributed by atoms with Crippen LogP contribution in [-0.2, 0) is 4.79 Å². The Hall–Kier alpha value is -2.63. The van der Waals surface area contributed by atoms with Gasteiger partial charge in [-0.1, -0.05) is 25.0 Å². The zero-order chi connectivity index (χ0) is 18.8. The molecule has 6 nitrogen and oxygen atoms in total. The summed E-state index contributed by atoms with van der Waals surface area (Å²) >= 11 is 0. The normalized spacial score (nSPS) is 20.3. The summed E-state index contributed by atoms with van der Waals surface area (Å²) in [6.07, 6.45) is 8.43. The number of fused-ring (bicyclic) bond motifs is 1. The van der Waals surface area contributed by atoms with Crippen LogP contribution in [0.3, 0.4) is 0 Å². The zero-order valence-corrected chi connectivity index (χ0v) is 15.4. The van der Waals surface area contributed by atoms with E-state index in [2.05, 4.69) is 10.3 Å². The highest BCUT2D eigenvalue weighted by Gasteiger charge is 2.35. The molecule has 2 N–H and O–H groups in total. The summed E-state index contributed by atoms with van der Waals surface area (Å²) in [4.78, 5) is 42.6. The SMILES string of the molecule is O=C(NCC(=O)N1CCCC1C1CCCC1)c1c[nH]c2ccccc2c1=O. The highest BCUT2D eigenvalue weighted by atomic mass is 16.2. The molecule has 142 valence electrons. The zero-order valence-electron chi connectivity index (χ0n) is 15.4. The van der Waals surface area contributed by atoms with Gasteiger partial charge in [0.2, 0.25) is 11.3 Å². The van der Waals surface area contributed by atoms with E-state index in [4.69, 9.17) is 0 Å². The number of amides is 2. The Labute approximate surface area is 157 Å². The molecule has 1 unspecified atom stereocenters. The number of carbonyl (C=O) groups excluding carboxylic acids is 2. The van der Waals surface area contributed by atoms with E-state index < -0.39 is 5.91 Å². The van der Waals surface area contributed by atoms with Crippen molar-refractivity contribution in [3.8, 4) is 0 Å². The lowest BCUT2D eigenvalue weighted by molar-refractivity contribution is -0.131. The monoisotopic (exact) mass is 367 g/mol. The van der Waals surface area contributed by atoms with E-state index in [1.165, 1.54) is 31.9 Å². The van der Waals surface area contributed by atoms with Gasteiger partial charge in [-0.05, 0) is 43.7 Å². The average Bonchev–Trinajstić information content (AvgIpc) is 3.37. The number of likely N-dealkylation sites (tertiary alicyclic amines) is 1. The van der Waals surface area contributed by atoms with Crippen LogP contribution in [-0.4, -0.2) is 40.8 Å². The van der Waals surface area contributed by atoms with Crippen LogP contribution < -0.4 is 10.7 Å². The third kappa shape index (κ3) is 3.48. The number of benzene rings is 1. The Morgan fingerprint density at radius 2 is 1.89 bits per heavy atom. The average molecular weight is 367 g/mol. The molecule has 1 aromatic carbocycles. The summed E-state index contributed by atoms with van der Waals surface area (Å²) in [5.74, 6) is 0.0532. The number of nitrogens with zero attached hydrogens (tertiary/aromatic N) is 1. The van der Waals surface area contributed by atoms with Crippen LogP contribution in [0.5, 0.6) is 0 Å². The van der Waals surface area contributed by atoms with Crippen LogP contribution in [0.2, 0.25) is 0 Å². The highest BCUT2D eigenvalue weighted by Crippen LogP contribution is 2.35. The Kier molecular flexibility index (Phi) is 4.97. The van der Waals surface area contributed by atoms with Crippen LogP contribution in [0.15, 0.2) is 35.3 Å². The minimum atomic E-state index is -0.507. The van der Waals surface area contributed by atoms with Gasteiger partial charge in [0.05, 0.1) is 6.54 Å². The molecule has 1 saturated heterocycles. The summed E-state index contributed by atoms with van der Waals surface area (Å²) in [6.45, 7) is 0.709. The molecule has 2 aromatic rings. The number of nitrogens with one attached hydrogen (secondary N) is 2. The van der Waals surface area contributed by atoms with Gasteiger partial charge in [-0.15, -0.1) is 0 Å². The number of pyridine rings is 1. The van der Waals surface area contributed by atoms with E-state index in [0.29, 0.717) is 22.9 Å². The van der Waals surface area contributed by atoms with Crippen molar-refractivity contribution < 1.29 is 9.59 Å². The number of aromatic amines is 1. The second-order valence-electron chi connectivity index (χ2n) is 7.60. The van der Waals surface area contributed by atoms with E-state index in [-0.39, 0.29) is 23.4 Å². The molecule has 1 saturated carbocycles. The molecule has 2 amide bonds. The van der Waals surface area contributed by atoms with Crippen LogP contribution in [0, 0.1) is 5.92 Å².